The van der Waals surface area contributed by atoms with E-state index in [0.717, 1.165) is 24.1 Å². The number of aromatic nitrogens is 2. The molecule has 4 rings (SSSR count). The number of rotatable bonds is 5. The average Bonchev–Trinajstić information content (AvgIpc) is 3.13. The smallest absolute Gasteiger partial charge is 0.213 e. The predicted octanol–water partition coefficient (Wildman–Crippen LogP) is 5.19. The van der Waals surface area contributed by atoms with E-state index in [1.54, 1.807) is 11.2 Å². The average molecular weight is 426 g/mol. The Morgan fingerprint density at radius 1 is 1.17 bits per heavy atom. The minimum Gasteiger partial charge on any atom is -0.354 e. The van der Waals surface area contributed by atoms with E-state index in [2.05, 4.69) is 54.1 Å². The second-order valence-corrected chi connectivity index (χ2v) is 10.9. The molecule has 6 heteroatoms. The third-order valence-corrected chi connectivity index (χ3v) is 8.19. The van der Waals surface area contributed by atoms with Crippen LogP contribution in [0.5, 0.6) is 0 Å². The van der Waals surface area contributed by atoms with Gasteiger partial charge in [-0.2, -0.15) is 0 Å². The van der Waals surface area contributed by atoms with Crippen LogP contribution in [0.15, 0.2) is 36.5 Å². The van der Waals surface area contributed by atoms with Gasteiger partial charge in [-0.15, -0.1) is 0 Å². The Morgan fingerprint density at radius 3 is 2.53 bits per heavy atom. The molecule has 0 atom stereocenters. The molecule has 3 heterocycles. The summed E-state index contributed by atoms with van der Waals surface area (Å²) in [7, 11) is -3.09. The number of piperidine rings is 1. The molecule has 0 radical (unpaired) electrons. The molecule has 0 unspecified atom stereocenters. The summed E-state index contributed by atoms with van der Waals surface area (Å²) >= 11 is 0. The van der Waals surface area contributed by atoms with Crippen molar-refractivity contribution in [2.75, 3.05) is 18.8 Å². The van der Waals surface area contributed by atoms with Crippen LogP contribution in [0.2, 0.25) is 0 Å². The number of hydrogen-bond donors (Lipinski definition) is 1. The lowest BCUT2D eigenvalue weighted by molar-refractivity contribution is 0.320. The second-order valence-electron chi connectivity index (χ2n) is 8.63. The fourth-order valence-electron chi connectivity index (χ4n) is 4.66. The molecule has 1 aliphatic heterocycles. The van der Waals surface area contributed by atoms with Crippen LogP contribution in [-0.2, 0) is 10.0 Å². The van der Waals surface area contributed by atoms with E-state index in [4.69, 9.17) is 0 Å². The first-order valence-electron chi connectivity index (χ1n) is 10.9. The van der Waals surface area contributed by atoms with Crippen LogP contribution in [0.25, 0.3) is 22.2 Å². The Hall–Kier alpha value is -2.18. The van der Waals surface area contributed by atoms with Crippen molar-refractivity contribution in [3.8, 4) is 11.3 Å². The zero-order valence-electron chi connectivity index (χ0n) is 18.3. The maximum atomic E-state index is 12.2. The third-order valence-electron chi connectivity index (χ3n) is 6.31. The van der Waals surface area contributed by atoms with Crippen LogP contribution in [0.3, 0.4) is 0 Å². The number of fused-ring (bicyclic) bond motifs is 1. The molecule has 3 aromatic rings. The van der Waals surface area contributed by atoms with E-state index in [1.807, 2.05) is 13.1 Å². The van der Waals surface area contributed by atoms with Gasteiger partial charge in [-0.05, 0) is 73.9 Å². The summed E-state index contributed by atoms with van der Waals surface area (Å²) in [6.07, 6.45) is 3.62. The first kappa shape index (κ1) is 21.1. The van der Waals surface area contributed by atoms with Crippen LogP contribution in [0.4, 0.5) is 0 Å². The summed E-state index contributed by atoms with van der Waals surface area (Å²) in [6.45, 7) is 9.44. The molecule has 0 amide bonds. The fraction of sp³-hybridized carbons (Fsp3) is 0.458. The lowest BCUT2D eigenvalue weighted by Gasteiger charge is -2.31. The molecule has 2 aromatic heterocycles. The Kier molecular flexibility index (Phi) is 5.73. The number of aryl methyl sites for hydroxylation is 1. The highest BCUT2D eigenvalue weighted by Crippen LogP contribution is 2.38. The van der Waals surface area contributed by atoms with Crippen LogP contribution >= 0.6 is 0 Å². The third kappa shape index (κ3) is 3.91. The van der Waals surface area contributed by atoms with Crippen molar-refractivity contribution >= 4 is 20.9 Å². The largest absolute Gasteiger partial charge is 0.354 e. The van der Waals surface area contributed by atoms with Crippen LogP contribution in [-0.4, -0.2) is 41.5 Å². The summed E-state index contributed by atoms with van der Waals surface area (Å²) in [5.41, 5.74) is 7.15. The minimum atomic E-state index is -3.09. The molecular formula is C24H31N3O2S. The number of hydrogen-bond acceptors (Lipinski definition) is 3. The lowest BCUT2D eigenvalue weighted by atomic mass is 9.88. The molecule has 1 aliphatic rings. The molecule has 0 spiro atoms. The Labute approximate surface area is 179 Å². The van der Waals surface area contributed by atoms with Crippen molar-refractivity contribution < 1.29 is 8.42 Å². The number of nitrogens with one attached hydrogen (secondary N) is 1. The first-order valence-corrected chi connectivity index (χ1v) is 12.5. The van der Waals surface area contributed by atoms with Gasteiger partial charge in [0.1, 0.15) is 0 Å². The Balaban J connectivity index is 1.69. The summed E-state index contributed by atoms with van der Waals surface area (Å²) in [5.74, 6) is 0.968. The van der Waals surface area contributed by atoms with E-state index >= 15 is 0 Å². The highest BCUT2D eigenvalue weighted by molar-refractivity contribution is 7.89. The van der Waals surface area contributed by atoms with Gasteiger partial charge in [-0.1, -0.05) is 19.9 Å². The normalized spacial score (nSPS) is 16.6. The monoisotopic (exact) mass is 425 g/mol. The number of sulfonamides is 1. The molecule has 0 saturated carbocycles. The van der Waals surface area contributed by atoms with E-state index in [1.165, 1.54) is 27.8 Å². The number of aromatic amines is 1. The molecule has 1 saturated heterocycles. The fourth-order valence-corrected chi connectivity index (χ4v) is 5.79. The minimum absolute atomic E-state index is 0.183. The molecular weight excluding hydrogens is 394 g/mol. The van der Waals surface area contributed by atoms with E-state index < -0.39 is 10.0 Å². The number of benzene rings is 1. The summed E-state index contributed by atoms with van der Waals surface area (Å²) < 4.78 is 26.0. The topological polar surface area (TPSA) is 66.1 Å². The van der Waals surface area contributed by atoms with Gasteiger partial charge < -0.3 is 4.98 Å². The van der Waals surface area contributed by atoms with E-state index in [-0.39, 0.29) is 5.75 Å². The van der Waals surface area contributed by atoms with Crippen LogP contribution < -0.4 is 0 Å². The van der Waals surface area contributed by atoms with Crippen molar-refractivity contribution in [1.82, 2.24) is 14.3 Å². The number of nitrogens with zero attached hydrogens (tertiary/aromatic N) is 2. The SMILES string of the molecule is CCS(=O)(=O)N1CCC(c2ccc3[nH]c(-c4ccnc(C)c4)c(C(C)C)c3c2)CC1. The van der Waals surface area contributed by atoms with Crippen molar-refractivity contribution in [1.29, 1.82) is 0 Å². The van der Waals surface area contributed by atoms with Crippen LogP contribution in [0.1, 0.15) is 62.3 Å². The van der Waals surface area contributed by atoms with Crippen molar-refractivity contribution in [3.63, 3.8) is 0 Å². The predicted molar refractivity (Wildman–Crippen MR) is 123 cm³/mol. The number of H-pyrrole nitrogens is 1. The molecule has 0 aliphatic carbocycles. The Morgan fingerprint density at radius 2 is 1.90 bits per heavy atom. The van der Waals surface area contributed by atoms with Gasteiger partial charge >= 0.3 is 0 Å². The van der Waals surface area contributed by atoms with Gasteiger partial charge in [0, 0.05) is 41.4 Å². The van der Waals surface area contributed by atoms with Crippen molar-refractivity contribution in [3.05, 3.63) is 53.3 Å². The maximum Gasteiger partial charge on any atom is 0.213 e. The lowest BCUT2D eigenvalue weighted by Crippen LogP contribution is -2.38. The Bertz CT molecular complexity index is 1160. The van der Waals surface area contributed by atoms with Gasteiger partial charge in [-0.3, -0.25) is 4.98 Å². The molecule has 1 aromatic carbocycles. The van der Waals surface area contributed by atoms with E-state index in [9.17, 15) is 8.42 Å². The zero-order valence-corrected chi connectivity index (χ0v) is 19.1. The standard InChI is InChI=1S/C24H31N3O2S/c1-5-30(28,29)27-12-9-18(10-13-27)19-6-7-22-21(15-19)23(16(2)3)24(26-22)20-8-11-25-17(4)14-20/h6-8,11,14-16,18,26H,5,9-10,12-13H2,1-4H3. The van der Waals surface area contributed by atoms with E-state index in [0.29, 0.717) is 24.9 Å². The van der Waals surface area contributed by atoms with Crippen molar-refractivity contribution in [2.45, 2.75) is 52.4 Å². The molecule has 1 N–H and O–H groups in total. The van der Waals surface area contributed by atoms with Crippen molar-refractivity contribution in [2.24, 2.45) is 0 Å². The molecule has 30 heavy (non-hydrogen) atoms. The summed E-state index contributed by atoms with van der Waals surface area (Å²) in [4.78, 5) is 7.98. The van der Waals surface area contributed by atoms with Crippen LogP contribution in [0, 0.1) is 6.92 Å². The molecule has 160 valence electrons. The van der Waals surface area contributed by atoms with Gasteiger partial charge in [0.05, 0.1) is 11.4 Å². The van der Waals surface area contributed by atoms with Gasteiger partial charge in [0.15, 0.2) is 0 Å². The van der Waals surface area contributed by atoms with Gasteiger partial charge in [0.2, 0.25) is 10.0 Å². The zero-order chi connectivity index (χ0) is 21.5. The first-order chi connectivity index (χ1) is 14.3. The maximum absolute atomic E-state index is 12.2. The molecule has 5 nitrogen and oxygen atoms in total. The molecule has 1 fully saturated rings. The second kappa shape index (κ2) is 8.16. The molecule has 0 bridgehead atoms. The summed E-state index contributed by atoms with van der Waals surface area (Å²) in [6, 6.07) is 10.9. The highest BCUT2D eigenvalue weighted by Gasteiger charge is 2.28. The summed E-state index contributed by atoms with van der Waals surface area (Å²) in [5, 5.41) is 1.27. The number of pyridine rings is 1. The van der Waals surface area contributed by atoms with Gasteiger partial charge in [0.25, 0.3) is 0 Å². The van der Waals surface area contributed by atoms with Gasteiger partial charge in [-0.25, -0.2) is 12.7 Å². The quantitative estimate of drug-likeness (QED) is 0.612. The highest BCUT2D eigenvalue weighted by atomic mass is 32.2.